The van der Waals surface area contributed by atoms with E-state index in [0.29, 0.717) is 0 Å². The van der Waals surface area contributed by atoms with Gasteiger partial charge in [-0.25, -0.2) is 0 Å². The lowest BCUT2D eigenvalue weighted by atomic mass is 10.1. The van der Waals surface area contributed by atoms with Gasteiger partial charge in [0.2, 0.25) is 0 Å². The van der Waals surface area contributed by atoms with Crippen LogP contribution in [0.4, 0.5) is 5.82 Å². The van der Waals surface area contributed by atoms with Gasteiger partial charge in [-0.15, -0.1) is 10.2 Å². The number of aromatic nitrogens is 2. The summed E-state index contributed by atoms with van der Waals surface area (Å²) < 4.78 is 5.81. The molecule has 1 heterocycles. The SMILES string of the molecule is CCCNc1ccc(-c2ccccc2OC(C)C)nn1. The summed E-state index contributed by atoms with van der Waals surface area (Å²) in [7, 11) is 0. The number of anilines is 1. The number of para-hydroxylation sites is 1. The van der Waals surface area contributed by atoms with E-state index in [1.165, 1.54) is 0 Å². The predicted octanol–water partition coefficient (Wildman–Crippen LogP) is 3.75. The Labute approximate surface area is 120 Å². The monoisotopic (exact) mass is 271 g/mol. The van der Waals surface area contributed by atoms with Crippen LogP contribution in [0, 0.1) is 0 Å². The first-order valence-corrected chi connectivity index (χ1v) is 7.04. The highest BCUT2D eigenvalue weighted by Gasteiger charge is 2.09. The Morgan fingerprint density at radius 3 is 2.55 bits per heavy atom. The molecule has 0 fully saturated rings. The molecule has 0 spiro atoms. The van der Waals surface area contributed by atoms with Gasteiger partial charge < -0.3 is 10.1 Å². The van der Waals surface area contributed by atoms with Gasteiger partial charge in [-0.1, -0.05) is 19.1 Å². The van der Waals surface area contributed by atoms with Gasteiger partial charge in [-0.3, -0.25) is 0 Å². The van der Waals surface area contributed by atoms with E-state index in [1.807, 2.05) is 50.2 Å². The Hall–Kier alpha value is -2.10. The Bertz CT molecular complexity index is 538. The van der Waals surface area contributed by atoms with Crippen LogP contribution < -0.4 is 10.1 Å². The second-order valence-corrected chi connectivity index (χ2v) is 4.89. The molecule has 0 aliphatic heterocycles. The first-order chi connectivity index (χ1) is 9.70. The molecule has 0 saturated heterocycles. The lowest BCUT2D eigenvalue weighted by molar-refractivity contribution is 0.243. The molecular weight excluding hydrogens is 250 g/mol. The van der Waals surface area contributed by atoms with Crippen molar-refractivity contribution >= 4 is 5.82 Å². The summed E-state index contributed by atoms with van der Waals surface area (Å²) in [5.41, 5.74) is 1.79. The molecule has 106 valence electrons. The molecule has 0 amide bonds. The average molecular weight is 271 g/mol. The van der Waals surface area contributed by atoms with Crippen LogP contribution in [0.15, 0.2) is 36.4 Å². The van der Waals surface area contributed by atoms with Gasteiger partial charge in [0.05, 0.1) is 11.8 Å². The summed E-state index contributed by atoms with van der Waals surface area (Å²) in [4.78, 5) is 0. The van der Waals surface area contributed by atoms with Crippen molar-refractivity contribution in [1.29, 1.82) is 0 Å². The lowest BCUT2D eigenvalue weighted by Crippen LogP contribution is -2.07. The lowest BCUT2D eigenvalue weighted by Gasteiger charge is -2.13. The predicted molar refractivity (Wildman–Crippen MR) is 82.0 cm³/mol. The van der Waals surface area contributed by atoms with Crippen LogP contribution in [-0.2, 0) is 0 Å². The fourth-order valence-corrected chi connectivity index (χ4v) is 1.86. The van der Waals surface area contributed by atoms with Crippen LogP contribution in [-0.4, -0.2) is 22.8 Å². The first kappa shape index (κ1) is 14.3. The number of ether oxygens (including phenoxy) is 1. The molecule has 0 bridgehead atoms. The standard InChI is InChI=1S/C16H21N3O/c1-4-11-17-16-10-9-14(18-19-16)13-7-5-6-8-15(13)20-12(2)3/h5-10,12H,4,11H2,1-3H3,(H,17,19). The van der Waals surface area contributed by atoms with Gasteiger partial charge in [-0.2, -0.15) is 0 Å². The molecule has 2 rings (SSSR count). The first-order valence-electron chi connectivity index (χ1n) is 7.04. The molecule has 20 heavy (non-hydrogen) atoms. The Balaban J connectivity index is 2.22. The van der Waals surface area contributed by atoms with Crippen molar-refractivity contribution in [3.05, 3.63) is 36.4 Å². The van der Waals surface area contributed by atoms with Gasteiger partial charge in [-0.05, 0) is 44.5 Å². The van der Waals surface area contributed by atoms with Gasteiger partial charge in [0.1, 0.15) is 11.6 Å². The summed E-state index contributed by atoms with van der Waals surface area (Å²) in [5.74, 6) is 1.64. The minimum atomic E-state index is 0.134. The Kier molecular flexibility index (Phi) is 4.93. The van der Waals surface area contributed by atoms with E-state index in [-0.39, 0.29) is 6.10 Å². The van der Waals surface area contributed by atoms with E-state index in [4.69, 9.17) is 4.74 Å². The zero-order valence-corrected chi connectivity index (χ0v) is 12.3. The molecule has 0 unspecified atom stereocenters. The van der Waals surface area contributed by atoms with E-state index in [2.05, 4.69) is 22.4 Å². The quantitative estimate of drug-likeness (QED) is 0.869. The molecule has 2 aromatic rings. The van der Waals surface area contributed by atoms with Crippen molar-refractivity contribution in [3.63, 3.8) is 0 Å². The highest BCUT2D eigenvalue weighted by molar-refractivity contribution is 5.67. The third-order valence-electron chi connectivity index (χ3n) is 2.75. The topological polar surface area (TPSA) is 47.0 Å². The normalized spacial score (nSPS) is 10.6. The molecule has 0 aliphatic carbocycles. The van der Waals surface area contributed by atoms with Crippen LogP contribution in [0.2, 0.25) is 0 Å². The van der Waals surface area contributed by atoms with Gasteiger partial charge in [0.15, 0.2) is 0 Å². The van der Waals surface area contributed by atoms with Crippen molar-refractivity contribution in [2.45, 2.75) is 33.3 Å². The fourth-order valence-electron chi connectivity index (χ4n) is 1.86. The number of benzene rings is 1. The molecule has 4 nitrogen and oxygen atoms in total. The van der Waals surface area contributed by atoms with E-state index in [9.17, 15) is 0 Å². The summed E-state index contributed by atoms with van der Waals surface area (Å²) >= 11 is 0. The van der Waals surface area contributed by atoms with Gasteiger partial charge in [0, 0.05) is 12.1 Å². The molecule has 0 saturated carbocycles. The Morgan fingerprint density at radius 2 is 1.90 bits per heavy atom. The maximum Gasteiger partial charge on any atom is 0.148 e. The minimum Gasteiger partial charge on any atom is -0.490 e. The van der Waals surface area contributed by atoms with Gasteiger partial charge in [0.25, 0.3) is 0 Å². The van der Waals surface area contributed by atoms with Crippen molar-refractivity contribution in [2.75, 3.05) is 11.9 Å². The summed E-state index contributed by atoms with van der Waals surface area (Å²) in [6.07, 6.45) is 1.20. The largest absolute Gasteiger partial charge is 0.490 e. The van der Waals surface area contributed by atoms with Crippen molar-refractivity contribution in [2.24, 2.45) is 0 Å². The average Bonchev–Trinajstić information content (AvgIpc) is 2.46. The minimum absolute atomic E-state index is 0.134. The van der Waals surface area contributed by atoms with Crippen LogP contribution in [0.5, 0.6) is 5.75 Å². The van der Waals surface area contributed by atoms with E-state index < -0.39 is 0 Å². The van der Waals surface area contributed by atoms with Crippen molar-refractivity contribution in [3.8, 4) is 17.0 Å². The molecule has 0 radical (unpaired) electrons. The fraction of sp³-hybridized carbons (Fsp3) is 0.375. The van der Waals surface area contributed by atoms with Gasteiger partial charge >= 0.3 is 0 Å². The summed E-state index contributed by atoms with van der Waals surface area (Å²) in [5, 5.41) is 11.7. The van der Waals surface area contributed by atoms with E-state index >= 15 is 0 Å². The zero-order chi connectivity index (χ0) is 14.4. The number of nitrogens with zero attached hydrogens (tertiary/aromatic N) is 2. The molecule has 0 atom stereocenters. The highest BCUT2D eigenvalue weighted by atomic mass is 16.5. The second kappa shape index (κ2) is 6.89. The van der Waals surface area contributed by atoms with Crippen molar-refractivity contribution < 1.29 is 4.74 Å². The van der Waals surface area contributed by atoms with E-state index in [0.717, 1.165) is 35.8 Å². The Morgan fingerprint density at radius 1 is 1.10 bits per heavy atom. The third-order valence-corrected chi connectivity index (χ3v) is 2.75. The number of nitrogens with one attached hydrogen (secondary N) is 1. The van der Waals surface area contributed by atoms with Crippen molar-refractivity contribution in [1.82, 2.24) is 10.2 Å². The van der Waals surface area contributed by atoms with Crippen LogP contribution in [0.3, 0.4) is 0 Å². The molecular formula is C16H21N3O. The number of hydrogen-bond acceptors (Lipinski definition) is 4. The third kappa shape index (κ3) is 3.70. The maximum absolute atomic E-state index is 5.81. The second-order valence-electron chi connectivity index (χ2n) is 4.89. The smallest absolute Gasteiger partial charge is 0.148 e. The van der Waals surface area contributed by atoms with Crippen LogP contribution >= 0.6 is 0 Å². The summed E-state index contributed by atoms with van der Waals surface area (Å²) in [6, 6.07) is 11.8. The number of hydrogen-bond donors (Lipinski definition) is 1. The zero-order valence-electron chi connectivity index (χ0n) is 12.3. The van der Waals surface area contributed by atoms with Crippen LogP contribution in [0.25, 0.3) is 11.3 Å². The molecule has 1 N–H and O–H groups in total. The molecule has 4 heteroatoms. The molecule has 1 aromatic carbocycles. The number of rotatable bonds is 6. The summed E-state index contributed by atoms with van der Waals surface area (Å²) in [6.45, 7) is 7.05. The molecule has 1 aromatic heterocycles. The highest BCUT2D eigenvalue weighted by Crippen LogP contribution is 2.28. The van der Waals surface area contributed by atoms with Crippen LogP contribution in [0.1, 0.15) is 27.2 Å². The maximum atomic E-state index is 5.81. The van der Waals surface area contributed by atoms with E-state index in [1.54, 1.807) is 0 Å². The molecule has 0 aliphatic rings.